The molecular weight excluding hydrogens is 345 g/mol. The maximum atomic E-state index is 13.3. The number of benzene rings is 1. The van der Waals surface area contributed by atoms with Crippen LogP contribution in [0.5, 0.6) is 0 Å². The number of halogens is 3. The fraction of sp³-hybridized carbons (Fsp3) is 0.176. The molecule has 0 bridgehead atoms. The van der Waals surface area contributed by atoms with Crippen molar-refractivity contribution in [3.8, 4) is 5.69 Å². The fourth-order valence-electron chi connectivity index (χ4n) is 2.92. The standard InChI is InChI=1S/C17H13F3N6/c18-17(19,20)10-4-5-13-11(7-10)16(12-3-1-2-6-22-12)23-9-15-25-24-14(8-21)26(13)15/h1-7H,8-9,21H2. The van der Waals surface area contributed by atoms with Crippen LogP contribution >= 0.6 is 0 Å². The van der Waals surface area contributed by atoms with Gasteiger partial charge < -0.3 is 5.73 Å². The van der Waals surface area contributed by atoms with E-state index in [2.05, 4.69) is 20.2 Å². The third-order valence-corrected chi connectivity index (χ3v) is 4.09. The van der Waals surface area contributed by atoms with Gasteiger partial charge in [0.15, 0.2) is 11.6 Å². The van der Waals surface area contributed by atoms with Crippen molar-refractivity contribution in [2.24, 2.45) is 10.7 Å². The summed E-state index contributed by atoms with van der Waals surface area (Å²) in [6.07, 6.45) is -2.90. The van der Waals surface area contributed by atoms with Gasteiger partial charge in [-0.15, -0.1) is 10.2 Å². The molecule has 6 nitrogen and oxygen atoms in total. The Hall–Kier alpha value is -3.07. The normalized spacial score (nSPS) is 13.6. The second-order valence-electron chi connectivity index (χ2n) is 5.68. The molecule has 0 aliphatic carbocycles. The summed E-state index contributed by atoms with van der Waals surface area (Å²) in [5, 5.41) is 8.08. The summed E-state index contributed by atoms with van der Waals surface area (Å²) >= 11 is 0. The van der Waals surface area contributed by atoms with E-state index >= 15 is 0 Å². The van der Waals surface area contributed by atoms with Crippen molar-refractivity contribution in [2.45, 2.75) is 19.3 Å². The molecule has 3 heterocycles. The lowest BCUT2D eigenvalue weighted by Gasteiger charge is -2.15. The van der Waals surface area contributed by atoms with Crippen molar-refractivity contribution in [3.05, 3.63) is 71.1 Å². The zero-order valence-corrected chi connectivity index (χ0v) is 13.4. The molecule has 9 heteroatoms. The minimum absolute atomic E-state index is 0.104. The fourth-order valence-corrected chi connectivity index (χ4v) is 2.92. The largest absolute Gasteiger partial charge is 0.416 e. The van der Waals surface area contributed by atoms with E-state index in [4.69, 9.17) is 5.73 Å². The number of hydrogen-bond donors (Lipinski definition) is 1. The maximum absolute atomic E-state index is 13.3. The lowest BCUT2D eigenvalue weighted by atomic mass is 10.0. The Kier molecular flexibility index (Phi) is 3.80. The number of aliphatic imine (C=N–C) groups is 1. The average molecular weight is 358 g/mol. The molecule has 0 saturated carbocycles. The first-order valence-electron chi connectivity index (χ1n) is 7.80. The van der Waals surface area contributed by atoms with Gasteiger partial charge in [0.2, 0.25) is 0 Å². The lowest BCUT2D eigenvalue weighted by Crippen LogP contribution is -2.14. The smallest absolute Gasteiger partial charge is 0.324 e. The molecule has 26 heavy (non-hydrogen) atoms. The Morgan fingerprint density at radius 2 is 1.96 bits per heavy atom. The monoisotopic (exact) mass is 358 g/mol. The molecule has 0 saturated heterocycles. The number of nitrogens with zero attached hydrogens (tertiary/aromatic N) is 5. The Morgan fingerprint density at radius 3 is 2.65 bits per heavy atom. The average Bonchev–Trinajstić information content (AvgIpc) is 2.97. The van der Waals surface area contributed by atoms with E-state index < -0.39 is 11.7 Å². The molecule has 0 unspecified atom stereocenters. The molecule has 1 aromatic carbocycles. The topological polar surface area (TPSA) is 82.0 Å². The Labute approximate surface area is 146 Å². The number of alkyl halides is 3. The van der Waals surface area contributed by atoms with Gasteiger partial charge in [0.05, 0.1) is 29.2 Å². The predicted octanol–water partition coefficient (Wildman–Crippen LogP) is 2.49. The Bertz CT molecular complexity index is 991. The zero-order valence-electron chi connectivity index (χ0n) is 13.4. The Morgan fingerprint density at radius 1 is 1.12 bits per heavy atom. The highest BCUT2D eigenvalue weighted by Crippen LogP contribution is 2.33. The van der Waals surface area contributed by atoms with E-state index in [-0.39, 0.29) is 13.1 Å². The first-order chi connectivity index (χ1) is 12.5. The molecule has 0 amide bonds. The van der Waals surface area contributed by atoms with Crippen LogP contribution in [0.3, 0.4) is 0 Å². The highest BCUT2D eigenvalue weighted by atomic mass is 19.4. The second kappa shape index (κ2) is 6.03. The van der Waals surface area contributed by atoms with Gasteiger partial charge in [-0.3, -0.25) is 14.5 Å². The molecule has 2 N–H and O–H groups in total. The molecule has 1 aliphatic heterocycles. The van der Waals surface area contributed by atoms with Crippen LogP contribution in [-0.2, 0) is 19.3 Å². The maximum Gasteiger partial charge on any atom is 0.416 e. The summed E-state index contributed by atoms with van der Waals surface area (Å²) in [6.45, 7) is 0.265. The third-order valence-electron chi connectivity index (χ3n) is 4.09. The van der Waals surface area contributed by atoms with E-state index in [1.54, 1.807) is 29.0 Å². The Balaban J connectivity index is 2.00. The summed E-state index contributed by atoms with van der Waals surface area (Å²) in [6, 6.07) is 8.71. The van der Waals surface area contributed by atoms with E-state index in [1.165, 1.54) is 6.07 Å². The molecule has 2 aromatic heterocycles. The number of hydrogen-bond acceptors (Lipinski definition) is 5. The molecule has 0 atom stereocenters. The lowest BCUT2D eigenvalue weighted by molar-refractivity contribution is -0.137. The molecule has 0 spiro atoms. The van der Waals surface area contributed by atoms with Crippen molar-refractivity contribution in [2.75, 3.05) is 0 Å². The number of fused-ring (bicyclic) bond motifs is 3. The van der Waals surface area contributed by atoms with E-state index in [1.807, 2.05) is 0 Å². The van der Waals surface area contributed by atoms with Gasteiger partial charge in [0.1, 0.15) is 6.54 Å². The van der Waals surface area contributed by atoms with Gasteiger partial charge in [0.25, 0.3) is 0 Å². The number of aromatic nitrogens is 4. The highest BCUT2D eigenvalue weighted by molar-refractivity contribution is 6.14. The third kappa shape index (κ3) is 2.66. The van der Waals surface area contributed by atoms with Crippen LogP contribution in [0.2, 0.25) is 0 Å². The van der Waals surface area contributed by atoms with Crippen molar-refractivity contribution >= 4 is 5.71 Å². The summed E-state index contributed by atoms with van der Waals surface area (Å²) < 4.78 is 41.5. The molecule has 0 radical (unpaired) electrons. The van der Waals surface area contributed by atoms with Gasteiger partial charge in [-0.05, 0) is 30.3 Å². The molecule has 132 valence electrons. The highest BCUT2D eigenvalue weighted by Gasteiger charge is 2.33. The summed E-state index contributed by atoms with van der Waals surface area (Å²) in [7, 11) is 0. The molecule has 4 rings (SSSR count). The molecule has 0 fully saturated rings. The second-order valence-corrected chi connectivity index (χ2v) is 5.68. The van der Waals surface area contributed by atoms with Gasteiger partial charge in [-0.25, -0.2) is 0 Å². The van der Waals surface area contributed by atoms with Gasteiger partial charge in [-0.2, -0.15) is 13.2 Å². The summed E-state index contributed by atoms with van der Waals surface area (Å²) in [5.41, 5.74) is 6.63. The van der Waals surface area contributed by atoms with E-state index in [9.17, 15) is 13.2 Å². The van der Waals surface area contributed by atoms with Crippen molar-refractivity contribution < 1.29 is 13.2 Å². The van der Waals surface area contributed by atoms with Gasteiger partial charge in [-0.1, -0.05) is 6.07 Å². The predicted molar refractivity (Wildman–Crippen MR) is 87.8 cm³/mol. The van der Waals surface area contributed by atoms with Crippen LogP contribution in [0.15, 0.2) is 47.6 Å². The SMILES string of the molecule is NCc1nnc2n1-c1ccc(C(F)(F)F)cc1C(c1ccccn1)=NC2. The first kappa shape index (κ1) is 16.4. The number of pyridine rings is 1. The zero-order chi connectivity index (χ0) is 18.3. The van der Waals surface area contributed by atoms with Crippen molar-refractivity contribution in [1.82, 2.24) is 19.7 Å². The summed E-state index contributed by atoms with van der Waals surface area (Å²) in [4.78, 5) is 8.71. The number of rotatable bonds is 2. The minimum Gasteiger partial charge on any atom is -0.324 e. The van der Waals surface area contributed by atoms with Crippen LogP contribution in [0.1, 0.15) is 28.5 Å². The van der Waals surface area contributed by atoms with Crippen LogP contribution < -0.4 is 5.73 Å². The summed E-state index contributed by atoms with van der Waals surface area (Å²) in [5.74, 6) is 0.968. The molecule has 1 aliphatic rings. The minimum atomic E-state index is -4.47. The van der Waals surface area contributed by atoms with Crippen LogP contribution in [0, 0.1) is 0 Å². The van der Waals surface area contributed by atoms with E-state index in [0.29, 0.717) is 34.3 Å². The number of nitrogens with two attached hydrogens (primary N) is 1. The van der Waals surface area contributed by atoms with Crippen LogP contribution in [0.25, 0.3) is 5.69 Å². The van der Waals surface area contributed by atoms with Crippen LogP contribution in [0.4, 0.5) is 13.2 Å². The van der Waals surface area contributed by atoms with Gasteiger partial charge in [0, 0.05) is 11.8 Å². The van der Waals surface area contributed by atoms with E-state index in [0.717, 1.165) is 12.1 Å². The van der Waals surface area contributed by atoms with Crippen molar-refractivity contribution in [3.63, 3.8) is 0 Å². The first-order valence-corrected chi connectivity index (χ1v) is 7.80. The van der Waals surface area contributed by atoms with Gasteiger partial charge >= 0.3 is 6.18 Å². The van der Waals surface area contributed by atoms with Crippen LogP contribution in [-0.4, -0.2) is 25.5 Å². The molecule has 3 aromatic rings. The molecular formula is C17H13F3N6. The van der Waals surface area contributed by atoms with Crippen molar-refractivity contribution in [1.29, 1.82) is 0 Å². The quantitative estimate of drug-likeness (QED) is 0.763.